The number of ether oxygens (including phenoxy) is 1. The predicted molar refractivity (Wildman–Crippen MR) is 146 cm³/mol. The number of hydrogen-bond donors (Lipinski definition) is 2. The molecule has 0 saturated carbocycles. The maximum Gasteiger partial charge on any atom is 0.253 e. The van der Waals surface area contributed by atoms with Crippen LogP contribution in [0.3, 0.4) is 0 Å². The van der Waals surface area contributed by atoms with E-state index in [1.807, 2.05) is 38.1 Å². The van der Waals surface area contributed by atoms with Gasteiger partial charge in [0.1, 0.15) is 17.5 Å². The Labute approximate surface area is 224 Å². The first kappa shape index (κ1) is 27.8. The molecule has 2 N–H and O–H groups in total. The summed E-state index contributed by atoms with van der Waals surface area (Å²) in [5, 5.41) is 11.2. The summed E-state index contributed by atoms with van der Waals surface area (Å²) < 4.78 is 35.3. The van der Waals surface area contributed by atoms with E-state index < -0.39 is 27.8 Å². The van der Waals surface area contributed by atoms with Crippen LogP contribution in [0.2, 0.25) is 0 Å². The van der Waals surface area contributed by atoms with Crippen molar-refractivity contribution in [3.63, 3.8) is 0 Å². The molecule has 2 aromatic carbocycles. The molecule has 3 aromatic rings. The largest absolute Gasteiger partial charge is 0.485 e. The molecule has 0 unspecified atom stereocenters. The van der Waals surface area contributed by atoms with Gasteiger partial charge >= 0.3 is 0 Å². The zero-order valence-corrected chi connectivity index (χ0v) is 23.0. The van der Waals surface area contributed by atoms with Gasteiger partial charge in [0.15, 0.2) is 0 Å². The van der Waals surface area contributed by atoms with Crippen molar-refractivity contribution in [3.05, 3.63) is 89.2 Å². The lowest BCUT2D eigenvalue weighted by atomic mass is 9.86. The van der Waals surface area contributed by atoms with Gasteiger partial charge in [-0.25, -0.2) is 13.1 Å². The number of amides is 1. The van der Waals surface area contributed by atoms with Crippen LogP contribution in [0.5, 0.6) is 5.75 Å². The van der Waals surface area contributed by atoms with E-state index in [-0.39, 0.29) is 10.8 Å². The van der Waals surface area contributed by atoms with Crippen LogP contribution < -0.4 is 9.46 Å². The van der Waals surface area contributed by atoms with Gasteiger partial charge in [0, 0.05) is 42.5 Å². The molecular weight excluding hydrogens is 502 g/mol. The van der Waals surface area contributed by atoms with E-state index in [1.165, 1.54) is 6.07 Å². The second kappa shape index (κ2) is 11.2. The molecule has 202 valence electrons. The van der Waals surface area contributed by atoms with E-state index in [9.17, 15) is 18.3 Å². The van der Waals surface area contributed by atoms with Crippen molar-refractivity contribution in [1.82, 2.24) is 14.6 Å². The van der Waals surface area contributed by atoms with E-state index in [2.05, 4.69) is 9.71 Å². The summed E-state index contributed by atoms with van der Waals surface area (Å²) in [6.45, 7) is 8.29. The van der Waals surface area contributed by atoms with Crippen molar-refractivity contribution in [3.8, 4) is 5.75 Å². The molecular formula is C29H35N3O5S. The van der Waals surface area contributed by atoms with Crippen molar-refractivity contribution in [2.75, 3.05) is 13.1 Å². The standard InChI is InChI=1S/C29H35N3O5S/c1-5-16-32(17-14-22-10-6-7-15-30-22)28(34)21-12-13-25-24(19-21)26(27(33)29(3,4)37-25)31-38(35,36)23-11-8-9-20(2)18-23/h6-13,15,18-19,26-27,31,33H,5,14,16-17H2,1-4H3/t26-,27+/m1/s1. The number of aliphatic hydroxyl groups excluding tert-OH is 1. The predicted octanol–water partition coefficient (Wildman–Crippen LogP) is 4.04. The number of nitrogens with one attached hydrogen (secondary N) is 1. The van der Waals surface area contributed by atoms with Gasteiger partial charge in [-0.2, -0.15) is 0 Å². The first-order valence-corrected chi connectivity index (χ1v) is 14.3. The van der Waals surface area contributed by atoms with Gasteiger partial charge in [-0.05, 0) is 75.2 Å². The molecule has 2 heterocycles. The Morgan fingerprint density at radius 1 is 1.11 bits per heavy atom. The highest BCUT2D eigenvalue weighted by Gasteiger charge is 2.45. The van der Waals surface area contributed by atoms with E-state index >= 15 is 0 Å². The number of sulfonamides is 1. The van der Waals surface area contributed by atoms with Crippen LogP contribution in [0.4, 0.5) is 0 Å². The van der Waals surface area contributed by atoms with Gasteiger partial charge in [0.25, 0.3) is 5.91 Å². The average molecular weight is 538 g/mol. The molecule has 4 rings (SSSR count). The maximum absolute atomic E-state index is 13.6. The topological polar surface area (TPSA) is 109 Å². The monoisotopic (exact) mass is 537 g/mol. The minimum absolute atomic E-state index is 0.103. The summed E-state index contributed by atoms with van der Waals surface area (Å²) in [6, 6.07) is 16.2. The molecule has 1 amide bonds. The molecule has 1 aromatic heterocycles. The Kier molecular flexibility index (Phi) is 8.20. The first-order valence-electron chi connectivity index (χ1n) is 12.8. The summed E-state index contributed by atoms with van der Waals surface area (Å²) in [5.74, 6) is 0.245. The van der Waals surface area contributed by atoms with Gasteiger partial charge in [0.05, 0.1) is 10.9 Å². The number of carbonyl (C=O) groups is 1. The quantitative estimate of drug-likeness (QED) is 0.427. The highest BCUT2D eigenvalue weighted by molar-refractivity contribution is 7.89. The van der Waals surface area contributed by atoms with Gasteiger partial charge in [-0.3, -0.25) is 9.78 Å². The zero-order chi connectivity index (χ0) is 27.5. The summed E-state index contributed by atoms with van der Waals surface area (Å²) >= 11 is 0. The summed E-state index contributed by atoms with van der Waals surface area (Å²) in [6.07, 6.45) is 1.94. The highest BCUT2D eigenvalue weighted by Crippen LogP contribution is 2.41. The van der Waals surface area contributed by atoms with Crippen LogP contribution in [-0.2, 0) is 16.4 Å². The lowest BCUT2D eigenvalue weighted by Crippen LogP contribution is -2.53. The Hall–Kier alpha value is -3.27. The van der Waals surface area contributed by atoms with Gasteiger partial charge in [-0.1, -0.05) is 25.1 Å². The molecule has 0 bridgehead atoms. The lowest BCUT2D eigenvalue weighted by Gasteiger charge is -2.42. The number of benzene rings is 2. The van der Waals surface area contributed by atoms with Crippen LogP contribution in [0, 0.1) is 6.92 Å². The third kappa shape index (κ3) is 6.06. The third-order valence-electron chi connectivity index (χ3n) is 6.72. The summed E-state index contributed by atoms with van der Waals surface area (Å²) in [4.78, 5) is 19.8. The number of carbonyl (C=O) groups excluding carboxylic acids is 1. The molecule has 8 nitrogen and oxygen atoms in total. The maximum atomic E-state index is 13.6. The molecule has 0 radical (unpaired) electrons. The number of rotatable bonds is 9. The molecule has 0 saturated heterocycles. The molecule has 9 heteroatoms. The summed E-state index contributed by atoms with van der Waals surface area (Å²) in [5.41, 5.74) is 1.45. The minimum Gasteiger partial charge on any atom is -0.485 e. The van der Waals surface area contributed by atoms with Crippen LogP contribution in [0.15, 0.2) is 71.8 Å². The van der Waals surface area contributed by atoms with Gasteiger partial charge in [0.2, 0.25) is 10.0 Å². The number of aromatic nitrogens is 1. The van der Waals surface area contributed by atoms with E-state index in [1.54, 1.807) is 55.3 Å². The van der Waals surface area contributed by atoms with Crippen molar-refractivity contribution in [2.24, 2.45) is 0 Å². The second-order valence-electron chi connectivity index (χ2n) is 10.2. The first-order chi connectivity index (χ1) is 18.0. The smallest absolute Gasteiger partial charge is 0.253 e. The van der Waals surface area contributed by atoms with Crippen molar-refractivity contribution in [1.29, 1.82) is 0 Å². The van der Waals surface area contributed by atoms with E-state index in [0.717, 1.165) is 17.7 Å². The number of hydrogen-bond acceptors (Lipinski definition) is 6. The molecule has 0 fully saturated rings. The van der Waals surface area contributed by atoms with Crippen molar-refractivity contribution >= 4 is 15.9 Å². The van der Waals surface area contributed by atoms with Crippen molar-refractivity contribution in [2.45, 2.75) is 63.2 Å². The third-order valence-corrected chi connectivity index (χ3v) is 8.16. The van der Waals surface area contributed by atoms with Crippen molar-refractivity contribution < 1.29 is 23.1 Å². The number of pyridine rings is 1. The second-order valence-corrected chi connectivity index (χ2v) is 11.9. The van der Waals surface area contributed by atoms with Gasteiger partial charge < -0.3 is 14.7 Å². The Morgan fingerprint density at radius 2 is 1.89 bits per heavy atom. The van der Waals surface area contributed by atoms with Crippen LogP contribution >= 0.6 is 0 Å². The van der Waals surface area contributed by atoms with Crippen LogP contribution in [-0.4, -0.2) is 54.1 Å². The molecule has 38 heavy (non-hydrogen) atoms. The normalized spacial score (nSPS) is 18.3. The lowest BCUT2D eigenvalue weighted by molar-refractivity contribution is -0.0603. The molecule has 0 spiro atoms. The number of fused-ring (bicyclic) bond motifs is 1. The molecule has 2 atom stereocenters. The zero-order valence-electron chi connectivity index (χ0n) is 22.2. The fourth-order valence-electron chi connectivity index (χ4n) is 4.64. The Bertz CT molecular complexity index is 1390. The average Bonchev–Trinajstić information content (AvgIpc) is 2.89. The van der Waals surface area contributed by atoms with E-state index in [0.29, 0.717) is 36.4 Å². The number of nitrogens with zero attached hydrogens (tertiary/aromatic N) is 2. The number of aliphatic hydroxyl groups is 1. The highest BCUT2D eigenvalue weighted by atomic mass is 32.2. The van der Waals surface area contributed by atoms with E-state index in [4.69, 9.17) is 4.74 Å². The Balaban J connectivity index is 1.65. The fraction of sp³-hybridized carbons (Fsp3) is 0.379. The molecule has 1 aliphatic rings. The SMILES string of the molecule is CCCN(CCc1ccccn1)C(=O)c1ccc2c(c1)[C@@H](NS(=O)(=O)c1cccc(C)c1)[C@H](O)C(C)(C)O2. The molecule has 1 aliphatic heterocycles. The van der Waals surface area contributed by atoms with Crippen LogP contribution in [0.25, 0.3) is 0 Å². The van der Waals surface area contributed by atoms with Crippen LogP contribution in [0.1, 0.15) is 60.4 Å². The Morgan fingerprint density at radius 3 is 2.58 bits per heavy atom. The van der Waals surface area contributed by atoms with Gasteiger partial charge in [-0.15, -0.1) is 0 Å². The fourth-order valence-corrected chi connectivity index (χ4v) is 5.97. The number of aryl methyl sites for hydroxylation is 1. The molecule has 0 aliphatic carbocycles. The minimum atomic E-state index is -3.97. The summed E-state index contributed by atoms with van der Waals surface area (Å²) in [7, 11) is -3.97.